The minimum atomic E-state index is -0.792. The zero-order valence-corrected chi connectivity index (χ0v) is 12.3. The van der Waals surface area contributed by atoms with E-state index in [1.807, 2.05) is 18.2 Å². The Balaban J connectivity index is 2.08. The molecular formula is C14H12Cl2O2S. The van der Waals surface area contributed by atoms with Crippen molar-refractivity contribution in [3.8, 4) is 0 Å². The van der Waals surface area contributed by atoms with Gasteiger partial charge in [0, 0.05) is 9.90 Å². The Labute approximate surface area is 125 Å². The summed E-state index contributed by atoms with van der Waals surface area (Å²) in [5.74, 6) is -1.24. The van der Waals surface area contributed by atoms with Crippen LogP contribution in [-0.4, -0.2) is 11.1 Å². The van der Waals surface area contributed by atoms with E-state index in [4.69, 9.17) is 23.2 Å². The van der Waals surface area contributed by atoms with Gasteiger partial charge in [0.15, 0.2) is 0 Å². The molecule has 0 aliphatic rings. The minimum Gasteiger partial charge on any atom is -0.481 e. The molecule has 0 bridgehead atoms. The quantitative estimate of drug-likeness (QED) is 0.879. The Morgan fingerprint density at radius 1 is 1.11 bits per heavy atom. The molecule has 0 fully saturated rings. The van der Waals surface area contributed by atoms with Crippen molar-refractivity contribution in [2.45, 2.75) is 12.8 Å². The van der Waals surface area contributed by atoms with Crippen LogP contribution in [0.3, 0.4) is 0 Å². The Bertz CT molecular complexity index is 563. The molecule has 1 N–H and O–H groups in total. The molecule has 0 radical (unpaired) electrons. The maximum atomic E-state index is 11.3. The highest BCUT2D eigenvalue weighted by atomic mass is 35.5. The summed E-state index contributed by atoms with van der Waals surface area (Å²) in [6.45, 7) is 0. The predicted molar refractivity (Wildman–Crippen MR) is 79.3 cm³/mol. The highest BCUT2D eigenvalue weighted by molar-refractivity contribution is 7.16. The van der Waals surface area contributed by atoms with Gasteiger partial charge in [0.05, 0.1) is 10.3 Å². The summed E-state index contributed by atoms with van der Waals surface area (Å²) in [5.41, 5.74) is 0.972. The first-order valence-electron chi connectivity index (χ1n) is 5.76. The monoisotopic (exact) mass is 314 g/mol. The number of thiophene rings is 1. The smallest absolute Gasteiger partial charge is 0.307 e. The molecule has 100 valence electrons. The van der Waals surface area contributed by atoms with E-state index < -0.39 is 11.9 Å². The number of rotatable bonds is 5. The first-order chi connectivity index (χ1) is 9.04. The van der Waals surface area contributed by atoms with Crippen molar-refractivity contribution in [1.29, 1.82) is 0 Å². The fraction of sp³-hybridized carbons (Fsp3) is 0.214. The van der Waals surface area contributed by atoms with Gasteiger partial charge in [0.25, 0.3) is 0 Å². The predicted octanol–water partition coefficient (Wildman–Crippen LogP) is 4.54. The van der Waals surface area contributed by atoms with Gasteiger partial charge in [-0.1, -0.05) is 35.3 Å². The normalized spacial score (nSPS) is 12.3. The van der Waals surface area contributed by atoms with Gasteiger partial charge in [-0.25, -0.2) is 0 Å². The lowest BCUT2D eigenvalue weighted by Crippen LogP contribution is -2.18. The molecule has 2 nitrogen and oxygen atoms in total. The van der Waals surface area contributed by atoms with E-state index in [0.717, 1.165) is 10.4 Å². The number of aliphatic carboxylic acids is 1. The van der Waals surface area contributed by atoms with Crippen LogP contribution >= 0.6 is 34.5 Å². The van der Waals surface area contributed by atoms with E-state index in [2.05, 4.69) is 0 Å². The minimum absolute atomic E-state index is 0.448. The highest BCUT2D eigenvalue weighted by Crippen LogP contribution is 2.25. The second kappa shape index (κ2) is 6.42. The summed E-state index contributed by atoms with van der Waals surface area (Å²) < 4.78 is 0.686. The summed E-state index contributed by atoms with van der Waals surface area (Å²) in [4.78, 5) is 12.3. The number of carboxylic acid groups (broad SMARTS) is 1. The summed E-state index contributed by atoms with van der Waals surface area (Å²) in [7, 11) is 0. The molecule has 0 aliphatic carbocycles. The fourth-order valence-electron chi connectivity index (χ4n) is 1.86. The molecule has 0 aliphatic heterocycles. The zero-order chi connectivity index (χ0) is 13.8. The average molecular weight is 315 g/mol. The SMILES string of the molecule is O=C(O)C(Cc1ccc(Cl)cc1)Cc1ccc(Cl)s1. The van der Waals surface area contributed by atoms with Crippen LogP contribution in [0.15, 0.2) is 36.4 Å². The number of hydrogen-bond donors (Lipinski definition) is 1. The number of halogens is 2. The average Bonchev–Trinajstić information content (AvgIpc) is 2.76. The lowest BCUT2D eigenvalue weighted by atomic mass is 9.96. The molecule has 1 aromatic heterocycles. The van der Waals surface area contributed by atoms with E-state index in [0.29, 0.717) is 22.2 Å². The molecule has 19 heavy (non-hydrogen) atoms. The van der Waals surface area contributed by atoms with Crippen LogP contribution in [0, 0.1) is 5.92 Å². The third-order valence-electron chi connectivity index (χ3n) is 2.82. The second-order valence-corrected chi connectivity index (χ2v) is 6.51. The molecular weight excluding hydrogens is 303 g/mol. The first kappa shape index (κ1) is 14.4. The lowest BCUT2D eigenvalue weighted by Gasteiger charge is -2.11. The number of carboxylic acids is 1. The van der Waals surface area contributed by atoms with E-state index >= 15 is 0 Å². The Morgan fingerprint density at radius 3 is 2.32 bits per heavy atom. The largest absolute Gasteiger partial charge is 0.481 e. The molecule has 0 saturated carbocycles. The summed E-state index contributed by atoms with van der Waals surface area (Å²) >= 11 is 13.1. The summed E-state index contributed by atoms with van der Waals surface area (Å²) in [5, 5.41) is 9.96. The van der Waals surface area contributed by atoms with Gasteiger partial charge in [0.1, 0.15) is 0 Å². The van der Waals surface area contributed by atoms with Crippen LogP contribution in [-0.2, 0) is 17.6 Å². The zero-order valence-electron chi connectivity index (χ0n) is 9.98. The second-order valence-electron chi connectivity index (χ2n) is 4.28. The van der Waals surface area contributed by atoms with Gasteiger partial charge in [-0.3, -0.25) is 4.79 Å². The standard InChI is InChI=1S/C14H12Cl2O2S/c15-11-3-1-9(2-4-11)7-10(14(17)18)8-12-5-6-13(16)19-12/h1-6,10H,7-8H2,(H,17,18). The van der Waals surface area contributed by atoms with Gasteiger partial charge in [-0.05, 0) is 42.7 Å². The number of carbonyl (C=O) groups is 1. The molecule has 2 rings (SSSR count). The van der Waals surface area contributed by atoms with Gasteiger partial charge < -0.3 is 5.11 Å². The molecule has 1 heterocycles. The third-order valence-corrected chi connectivity index (χ3v) is 4.33. The summed E-state index contributed by atoms with van der Waals surface area (Å²) in [6, 6.07) is 10.9. The van der Waals surface area contributed by atoms with Crippen molar-refractivity contribution >= 4 is 40.5 Å². The van der Waals surface area contributed by atoms with Crippen molar-refractivity contribution in [3.05, 3.63) is 56.2 Å². The van der Waals surface area contributed by atoms with Crippen molar-refractivity contribution in [1.82, 2.24) is 0 Å². The Kier molecular flexibility index (Phi) is 4.86. The molecule has 0 spiro atoms. The highest BCUT2D eigenvalue weighted by Gasteiger charge is 2.19. The first-order valence-corrected chi connectivity index (χ1v) is 7.33. The molecule has 1 atom stereocenters. The molecule has 2 aromatic rings. The van der Waals surface area contributed by atoms with Gasteiger partial charge in [0.2, 0.25) is 0 Å². The van der Waals surface area contributed by atoms with Gasteiger partial charge in [-0.2, -0.15) is 0 Å². The van der Waals surface area contributed by atoms with E-state index in [1.165, 1.54) is 11.3 Å². The van der Waals surface area contributed by atoms with E-state index in [1.54, 1.807) is 18.2 Å². The van der Waals surface area contributed by atoms with Crippen LogP contribution in [0.2, 0.25) is 9.36 Å². The maximum Gasteiger partial charge on any atom is 0.307 e. The van der Waals surface area contributed by atoms with Crippen molar-refractivity contribution in [3.63, 3.8) is 0 Å². The van der Waals surface area contributed by atoms with E-state index in [-0.39, 0.29) is 0 Å². The number of hydrogen-bond acceptors (Lipinski definition) is 2. The topological polar surface area (TPSA) is 37.3 Å². The molecule has 1 unspecified atom stereocenters. The van der Waals surface area contributed by atoms with Crippen molar-refractivity contribution in [2.75, 3.05) is 0 Å². The Morgan fingerprint density at radius 2 is 1.79 bits per heavy atom. The molecule has 1 aromatic carbocycles. The van der Waals surface area contributed by atoms with Crippen molar-refractivity contribution < 1.29 is 9.90 Å². The van der Waals surface area contributed by atoms with Crippen LogP contribution in [0.25, 0.3) is 0 Å². The van der Waals surface area contributed by atoms with Gasteiger partial charge in [-0.15, -0.1) is 11.3 Å². The summed E-state index contributed by atoms with van der Waals surface area (Å²) in [6.07, 6.45) is 0.983. The van der Waals surface area contributed by atoms with Crippen molar-refractivity contribution in [2.24, 2.45) is 5.92 Å². The lowest BCUT2D eigenvalue weighted by molar-refractivity contribution is -0.141. The van der Waals surface area contributed by atoms with Crippen LogP contribution < -0.4 is 0 Å². The molecule has 0 saturated heterocycles. The van der Waals surface area contributed by atoms with Crippen LogP contribution in [0.4, 0.5) is 0 Å². The van der Waals surface area contributed by atoms with Crippen LogP contribution in [0.5, 0.6) is 0 Å². The number of benzene rings is 1. The van der Waals surface area contributed by atoms with Crippen LogP contribution in [0.1, 0.15) is 10.4 Å². The van der Waals surface area contributed by atoms with E-state index in [9.17, 15) is 9.90 Å². The molecule has 0 amide bonds. The molecule has 5 heteroatoms. The maximum absolute atomic E-state index is 11.3. The third kappa shape index (κ3) is 4.23. The fourth-order valence-corrected chi connectivity index (χ4v) is 3.15. The Hall–Kier alpha value is -1.03. The van der Waals surface area contributed by atoms with Gasteiger partial charge >= 0.3 is 5.97 Å².